The molecular weight excluding hydrogens is 426 g/mol. The van der Waals surface area contributed by atoms with Gasteiger partial charge in [0.25, 0.3) is 0 Å². The van der Waals surface area contributed by atoms with Crippen LogP contribution in [0.25, 0.3) is 11.1 Å². The van der Waals surface area contributed by atoms with Gasteiger partial charge in [0.05, 0.1) is 29.8 Å². The van der Waals surface area contributed by atoms with Gasteiger partial charge in [-0.1, -0.05) is 0 Å². The van der Waals surface area contributed by atoms with Crippen LogP contribution in [0.5, 0.6) is 0 Å². The van der Waals surface area contributed by atoms with E-state index in [1.807, 2.05) is 25.3 Å². The molecule has 2 aliphatic carbocycles. The van der Waals surface area contributed by atoms with Crippen LogP contribution in [0, 0.1) is 24.2 Å². The zero-order valence-corrected chi connectivity index (χ0v) is 19.7. The van der Waals surface area contributed by atoms with E-state index in [1.165, 1.54) is 12.8 Å². The van der Waals surface area contributed by atoms with Crippen LogP contribution in [0.1, 0.15) is 61.4 Å². The first-order valence-electron chi connectivity index (χ1n) is 12.6. The molecule has 2 saturated carbocycles. The fraction of sp³-hybridized carbons (Fsp3) is 0.556. The number of pyridine rings is 2. The molecule has 2 atom stereocenters. The second-order valence-electron chi connectivity index (χ2n) is 10.3. The van der Waals surface area contributed by atoms with Crippen molar-refractivity contribution in [2.75, 3.05) is 31.1 Å². The van der Waals surface area contributed by atoms with E-state index < -0.39 is 0 Å². The van der Waals surface area contributed by atoms with Crippen molar-refractivity contribution >= 4 is 11.7 Å². The van der Waals surface area contributed by atoms with Gasteiger partial charge in [-0.05, 0) is 68.7 Å². The van der Waals surface area contributed by atoms with Crippen molar-refractivity contribution in [1.29, 1.82) is 5.26 Å². The molecule has 0 unspecified atom stereocenters. The summed E-state index contributed by atoms with van der Waals surface area (Å²) >= 11 is 0. The molecule has 0 radical (unpaired) electrons. The molecule has 176 valence electrons. The fourth-order valence-corrected chi connectivity index (χ4v) is 5.41. The van der Waals surface area contributed by atoms with Crippen LogP contribution < -0.4 is 4.90 Å². The molecule has 0 aromatic carbocycles. The molecule has 2 aromatic heterocycles. The molecule has 7 nitrogen and oxygen atoms in total. The summed E-state index contributed by atoms with van der Waals surface area (Å²) in [6, 6.07) is 8.73. The second kappa shape index (κ2) is 8.66. The lowest BCUT2D eigenvalue weighted by atomic mass is 9.98. The molecule has 4 heterocycles. The normalized spacial score (nSPS) is 24.5. The summed E-state index contributed by atoms with van der Waals surface area (Å²) in [5.74, 6) is 2.02. The minimum atomic E-state index is 0.0997. The van der Waals surface area contributed by atoms with Crippen LogP contribution in [0.2, 0.25) is 0 Å². The van der Waals surface area contributed by atoms with E-state index in [9.17, 15) is 10.1 Å². The van der Waals surface area contributed by atoms with Crippen LogP contribution in [-0.2, 0) is 9.53 Å². The summed E-state index contributed by atoms with van der Waals surface area (Å²) in [5.41, 5.74) is 4.81. The zero-order chi connectivity index (χ0) is 23.2. The van der Waals surface area contributed by atoms with Crippen molar-refractivity contribution in [1.82, 2.24) is 14.9 Å². The maximum atomic E-state index is 13.0. The number of carbonyl (C=O) groups is 1. The summed E-state index contributed by atoms with van der Waals surface area (Å²) < 4.78 is 5.51. The summed E-state index contributed by atoms with van der Waals surface area (Å²) in [6.07, 6.45) is 8.05. The van der Waals surface area contributed by atoms with Crippen LogP contribution in [0.3, 0.4) is 0 Å². The number of amides is 1. The smallest absolute Gasteiger partial charge is 0.225 e. The number of aryl methyl sites for hydroxylation is 1. The highest BCUT2D eigenvalue weighted by Gasteiger charge is 2.42. The van der Waals surface area contributed by atoms with Gasteiger partial charge in [-0.2, -0.15) is 5.26 Å². The minimum absolute atomic E-state index is 0.0997. The van der Waals surface area contributed by atoms with Crippen LogP contribution in [0.4, 0.5) is 5.82 Å². The first-order valence-corrected chi connectivity index (χ1v) is 12.6. The van der Waals surface area contributed by atoms with Gasteiger partial charge in [0.1, 0.15) is 11.9 Å². The van der Waals surface area contributed by atoms with Gasteiger partial charge in [0.15, 0.2) is 0 Å². The Labute approximate surface area is 200 Å². The summed E-state index contributed by atoms with van der Waals surface area (Å²) in [4.78, 5) is 26.9. The van der Waals surface area contributed by atoms with E-state index in [2.05, 4.69) is 26.9 Å². The Kier molecular flexibility index (Phi) is 5.49. The average Bonchev–Trinajstić information content (AvgIpc) is 3.73. The molecule has 2 aliphatic heterocycles. The van der Waals surface area contributed by atoms with Crippen LogP contribution >= 0.6 is 0 Å². The third kappa shape index (κ3) is 4.16. The third-order valence-corrected chi connectivity index (χ3v) is 7.72. The number of aromatic nitrogens is 2. The molecule has 1 amide bonds. The van der Waals surface area contributed by atoms with E-state index in [1.54, 1.807) is 0 Å². The van der Waals surface area contributed by atoms with Gasteiger partial charge in [-0.25, -0.2) is 4.98 Å². The van der Waals surface area contributed by atoms with E-state index in [0.29, 0.717) is 36.9 Å². The summed E-state index contributed by atoms with van der Waals surface area (Å²) in [7, 11) is 0. The van der Waals surface area contributed by atoms with Crippen molar-refractivity contribution in [3.8, 4) is 17.2 Å². The Balaban J connectivity index is 1.30. The van der Waals surface area contributed by atoms with Crippen molar-refractivity contribution < 1.29 is 9.53 Å². The molecular formula is C27H31N5O2. The topological polar surface area (TPSA) is 82.4 Å². The van der Waals surface area contributed by atoms with Gasteiger partial charge in [0.2, 0.25) is 5.91 Å². The Bertz CT molecular complexity index is 1150. The Morgan fingerprint density at radius 3 is 2.68 bits per heavy atom. The monoisotopic (exact) mass is 457 g/mol. The molecule has 34 heavy (non-hydrogen) atoms. The Morgan fingerprint density at radius 2 is 2.03 bits per heavy atom. The molecule has 2 saturated heterocycles. The van der Waals surface area contributed by atoms with E-state index in [0.717, 1.165) is 60.7 Å². The van der Waals surface area contributed by atoms with Crippen molar-refractivity contribution in [3.63, 3.8) is 0 Å². The molecule has 0 bridgehead atoms. The number of nitrogens with zero attached hydrogens (tertiary/aromatic N) is 5. The van der Waals surface area contributed by atoms with E-state index in [4.69, 9.17) is 9.72 Å². The number of ether oxygens (including phenoxy) is 1. The van der Waals surface area contributed by atoms with Gasteiger partial charge in [-0.3, -0.25) is 9.78 Å². The molecule has 4 fully saturated rings. The lowest BCUT2D eigenvalue weighted by molar-refractivity contribution is -0.142. The Morgan fingerprint density at radius 1 is 1.21 bits per heavy atom. The number of anilines is 1. The maximum absolute atomic E-state index is 13.0. The average molecular weight is 458 g/mol. The zero-order valence-electron chi connectivity index (χ0n) is 19.7. The molecule has 6 rings (SSSR count). The maximum Gasteiger partial charge on any atom is 0.225 e. The van der Waals surface area contributed by atoms with E-state index in [-0.39, 0.29) is 18.1 Å². The molecule has 2 aromatic rings. The quantitative estimate of drug-likeness (QED) is 0.656. The van der Waals surface area contributed by atoms with Gasteiger partial charge >= 0.3 is 0 Å². The van der Waals surface area contributed by atoms with Crippen molar-refractivity contribution in [3.05, 3.63) is 41.3 Å². The van der Waals surface area contributed by atoms with Gasteiger partial charge < -0.3 is 14.5 Å². The number of rotatable bonds is 6. The Hall–Kier alpha value is -2.98. The second-order valence-corrected chi connectivity index (χ2v) is 10.3. The lowest BCUT2D eigenvalue weighted by Gasteiger charge is -2.43. The predicted molar refractivity (Wildman–Crippen MR) is 128 cm³/mol. The van der Waals surface area contributed by atoms with E-state index >= 15 is 0 Å². The highest BCUT2D eigenvalue weighted by molar-refractivity contribution is 5.78. The summed E-state index contributed by atoms with van der Waals surface area (Å²) in [5, 5.41) is 10.1. The number of hydrogen-bond donors (Lipinski definition) is 0. The van der Waals surface area contributed by atoms with Gasteiger partial charge in [-0.15, -0.1) is 0 Å². The number of nitriles is 1. The lowest BCUT2D eigenvalue weighted by Crippen LogP contribution is -2.57. The number of piperazine rings is 1. The highest BCUT2D eigenvalue weighted by atomic mass is 16.5. The summed E-state index contributed by atoms with van der Waals surface area (Å²) in [6.45, 7) is 4.91. The highest BCUT2D eigenvalue weighted by Crippen LogP contribution is 2.45. The molecule has 7 heteroatoms. The molecule has 0 N–H and O–H groups in total. The SMILES string of the molecule is Cc1cc(-c2cc(C#N)c(N3CCN(C(=O)C[C@H]4CCO4)[C@H](C4CC4)C3)nc2C2CC2)ccn1. The van der Waals surface area contributed by atoms with Gasteiger partial charge in [0, 0.05) is 49.6 Å². The number of hydrogen-bond acceptors (Lipinski definition) is 6. The molecule has 4 aliphatic rings. The van der Waals surface area contributed by atoms with Crippen LogP contribution in [-0.4, -0.2) is 59.2 Å². The van der Waals surface area contributed by atoms with Crippen LogP contribution in [0.15, 0.2) is 24.4 Å². The number of carbonyl (C=O) groups excluding carboxylic acids is 1. The fourth-order valence-electron chi connectivity index (χ4n) is 5.41. The largest absolute Gasteiger partial charge is 0.377 e. The molecule has 0 spiro atoms. The third-order valence-electron chi connectivity index (χ3n) is 7.72. The van der Waals surface area contributed by atoms with Crippen molar-refractivity contribution in [2.45, 2.75) is 63.5 Å². The van der Waals surface area contributed by atoms with Crippen molar-refractivity contribution in [2.24, 2.45) is 5.92 Å². The minimum Gasteiger partial charge on any atom is -0.377 e. The predicted octanol–water partition coefficient (Wildman–Crippen LogP) is 3.81. The standard InChI is InChI=1S/C27H31N5O2/c1-17-12-20(6-8-29-17)23-13-21(15-28)27(30-26(23)19-4-5-19)31-9-10-32(24(16-31)18-2-3-18)25(33)14-22-7-11-34-22/h6,8,12-13,18-19,22,24H,2-5,7,9-11,14,16H2,1H3/t22-,24+/m1/s1. The first kappa shape index (κ1) is 21.5. The first-order chi connectivity index (χ1) is 16.6.